The van der Waals surface area contributed by atoms with E-state index in [2.05, 4.69) is 56.1 Å². The van der Waals surface area contributed by atoms with Gasteiger partial charge in [0.25, 0.3) is 0 Å². The molecule has 1 aliphatic rings. The molecule has 402 valence electrons. The molecule has 10 rings (SSSR count). The normalized spacial score (nSPS) is 15.2. The largest absolute Gasteiger partial charge is 0.476 e. The van der Waals surface area contributed by atoms with Gasteiger partial charge in [-0.25, -0.2) is 19.0 Å². The van der Waals surface area contributed by atoms with Crippen LogP contribution < -0.4 is 5.32 Å². The summed E-state index contributed by atoms with van der Waals surface area (Å²) in [5.74, 6) is -2.88. The quantitative estimate of drug-likeness (QED) is 0.0858. The Hall–Kier alpha value is -8.58. The van der Waals surface area contributed by atoms with Gasteiger partial charge in [0.15, 0.2) is 11.4 Å². The zero-order valence-electron chi connectivity index (χ0n) is 43.4. The number of halogens is 6. The SMILES string of the molecule is COC(=O)c1nn(C)c2c3ncc(-c4c(C)nnn4C)cc3n(C(CCC(F)(F)F)c3ncccc3C)c12.Cc1cccnc1C(CCC(F)(F)F)C1(C)Nc2c(-c3c(C)nnn3C)ccnc2-c2c1c(C(=O)O)nn2C. The second-order valence-corrected chi connectivity index (χ2v) is 19.1. The monoisotopic (exact) mass is 1070 g/mol. The molecule has 26 heteroatoms. The molecular weight excluding hydrogens is 1010 g/mol. The van der Waals surface area contributed by atoms with Crippen molar-refractivity contribution >= 4 is 39.7 Å². The van der Waals surface area contributed by atoms with Crippen molar-refractivity contribution in [3.63, 3.8) is 0 Å². The molecule has 9 aromatic rings. The van der Waals surface area contributed by atoms with Gasteiger partial charge in [-0.1, -0.05) is 22.6 Å². The molecule has 0 saturated heterocycles. The first-order valence-electron chi connectivity index (χ1n) is 24.1. The third-order valence-corrected chi connectivity index (χ3v) is 14.0. The average Bonchev–Trinajstić information content (AvgIpc) is 4.17. The summed E-state index contributed by atoms with van der Waals surface area (Å²) in [5.41, 5.74) is 8.15. The van der Waals surface area contributed by atoms with E-state index < -0.39 is 54.6 Å². The van der Waals surface area contributed by atoms with E-state index in [1.165, 1.54) is 22.7 Å². The van der Waals surface area contributed by atoms with Gasteiger partial charge < -0.3 is 19.7 Å². The molecule has 0 aliphatic carbocycles. The number of nitrogens with zero attached hydrogens (tertiary/aromatic N) is 15. The van der Waals surface area contributed by atoms with E-state index in [4.69, 9.17) is 4.74 Å². The number of ether oxygens (including phenoxy) is 1. The molecule has 20 nitrogen and oxygen atoms in total. The highest BCUT2D eigenvalue weighted by Gasteiger charge is 2.50. The number of hydrogen-bond acceptors (Lipinski definition) is 14. The number of hydrogen-bond donors (Lipinski definition) is 2. The van der Waals surface area contributed by atoms with Crippen LogP contribution in [0.15, 0.2) is 61.2 Å². The number of aromatic nitrogens is 15. The maximum Gasteiger partial charge on any atom is 0.389 e. The molecule has 9 aromatic heterocycles. The number of carboxylic acid groups (broad SMARTS) is 1. The van der Waals surface area contributed by atoms with Crippen LogP contribution in [0.1, 0.15) is 105 Å². The van der Waals surface area contributed by atoms with Crippen LogP contribution in [0.2, 0.25) is 0 Å². The molecule has 0 aromatic carbocycles. The van der Waals surface area contributed by atoms with Crippen molar-refractivity contribution in [2.75, 3.05) is 12.4 Å². The second kappa shape index (κ2) is 19.8. The maximum atomic E-state index is 13.6. The summed E-state index contributed by atoms with van der Waals surface area (Å²) in [6.45, 7) is 8.90. The molecule has 2 N–H and O–H groups in total. The summed E-state index contributed by atoms with van der Waals surface area (Å²) in [5, 5.41) is 38.7. The third-order valence-electron chi connectivity index (χ3n) is 14.0. The highest BCUT2D eigenvalue weighted by atomic mass is 19.4. The lowest BCUT2D eigenvalue weighted by molar-refractivity contribution is -0.137. The number of esters is 1. The Morgan fingerprint density at radius 3 is 1.90 bits per heavy atom. The minimum absolute atomic E-state index is 0.0199. The lowest BCUT2D eigenvalue weighted by Crippen LogP contribution is -2.43. The smallest absolute Gasteiger partial charge is 0.389 e. The minimum atomic E-state index is -4.43. The van der Waals surface area contributed by atoms with Crippen molar-refractivity contribution in [3.05, 3.63) is 112 Å². The minimum Gasteiger partial charge on any atom is -0.476 e. The number of rotatable bonds is 12. The average molecular weight is 1070 g/mol. The molecule has 0 bridgehead atoms. The molecule has 3 unspecified atom stereocenters. The first-order valence-corrected chi connectivity index (χ1v) is 24.1. The molecule has 0 amide bonds. The summed E-state index contributed by atoms with van der Waals surface area (Å²) in [4.78, 5) is 43.5. The molecule has 3 atom stereocenters. The number of carboxylic acids is 1. The topological polar surface area (TPSA) is 229 Å². The first kappa shape index (κ1) is 53.3. The Morgan fingerprint density at radius 2 is 1.32 bits per heavy atom. The number of aromatic carboxylic acids is 1. The number of anilines is 1. The molecule has 10 heterocycles. The van der Waals surface area contributed by atoms with E-state index in [1.807, 2.05) is 13.0 Å². The highest BCUT2D eigenvalue weighted by Crippen LogP contribution is 2.54. The van der Waals surface area contributed by atoms with E-state index in [-0.39, 0.29) is 29.8 Å². The summed E-state index contributed by atoms with van der Waals surface area (Å²) in [6, 6.07) is 9.73. The summed E-state index contributed by atoms with van der Waals surface area (Å²) >= 11 is 0. The van der Waals surface area contributed by atoms with Crippen LogP contribution in [0.4, 0.5) is 32.0 Å². The van der Waals surface area contributed by atoms with E-state index in [0.717, 1.165) is 0 Å². The van der Waals surface area contributed by atoms with Crippen molar-refractivity contribution in [2.45, 2.75) is 90.2 Å². The molecule has 0 radical (unpaired) electrons. The van der Waals surface area contributed by atoms with Crippen molar-refractivity contribution in [1.29, 1.82) is 0 Å². The number of fused-ring (bicyclic) bond motifs is 6. The van der Waals surface area contributed by atoms with Crippen LogP contribution in [-0.4, -0.2) is 111 Å². The van der Waals surface area contributed by atoms with Gasteiger partial charge in [-0.3, -0.25) is 29.3 Å². The first-order chi connectivity index (χ1) is 36.3. The molecule has 1 aliphatic heterocycles. The molecule has 0 saturated carbocycles. The zero-order chi connectivity index (χ0) is 55.6. The predicted molar refractivity (Wildman–Crippen MR) is 269 cm³/mol. The van der Waals surface area contributed by atoms with Crippen molar-refractivity contribution < 1.29 is 45.8 Å². The lowest BCUT2D eigenvalue weighted by Gasteiger charge is -2.43. The number of carbonyl (C=O) groups excluding carboxylic acids is 1. The highest BCUT2D eigenvalue weighted by molar-refractivity contribution is 6.12. The Bertz CT molecular complexity index is 3720. The Kier molecular flexibility index (Phi) is 13.7. The van der Waals surface area contributed by atoms with E-state index >= 15 is 0 Å². The molecular formula is C51H52F6N16O4. The van der Waals surface area contributed by atoms with Crippen LogP contribution in [0.25, 0.3) is 56.0 Å². The van der Waals surface area contributed by atoms with Gasteiger partial charge in [-0.15, -0.1) is 10.2 Å². The standard InChI is InChI=1S/C26H27F3N8O2.C25H25F3N8O2/c1-13-7-6-11-30-18(13)16(8-10-26(27,28)29)25(3)17-20(24(38)39)34-36(4)23(17)21-19(32-25)15(9-12-31-21)22-14(2)33-35-37(22)5;1-13-7-6-10-29-18(13)16(8-9-25(26,27)28)36-17-11-15(21-14(2)31-33-35(21)4)12-30-19(17)22-23(36)20(24(37)38-5)32-34(22)3/h6-7,9,11-12,16,32H,8,10H2,1-5H3,(H,38,39);6-7,10-12,16H,8-9H2,1-5H3. The number of alkyl halides is 6. The molecule has 77 heavy (non-hydrogen) atoms. The second-order valence-electron chi connectivity index (χ2n) is 19.1. The van der Waals surface area contributed by atoms with E-state index in [0.29, 0.717) is 95.6 Å². The van der Waals surface area contributed by atoms with Crippen LogP contribution in [0.3, 0.4) is 0 Å². The zero-order valence-corrected chi connectivity index (χ0v) is 43.4. The fraction of sp³-hybridized carbons (Fsp3) is 0.373. The predicted octanol–water partition coefficient (Wildman–Crippen LogP) is 9.20. The Morgan fingerprint density at radius 1 is 0.727 bits per heavy atom. The van der Waals surface area contributed by atoms with Gasteiger partial charge in [-0.2, -0.15) is 36.5 Å². The van der Waals surface area contributed by atoms with Gasteiger partial charge in [-0.05, 0) is 82.9 Å². The van der Waals surface area contributed by atoms with Gasteiger partial charge in [0.2, 0.25) is 0 Å². The summed E-state index contributed by atoms with van der Waals surface area (Å²) < 4.78 is 94.4. The fourth-order valence-electron chi connectivity index (χ4n) is 10.7. The number of carbonyl (C=O) groups is 2. The summed E-state index contributed by atoms with van der Waals surface area (Å²) in [7, 11) is 7.97. The maximum absolute atomic E-state index is 13.6. The summed E-state index contributed by atoms with van der Waals surface area (Å²) in [6.07, 6.45) is -5.30. The Labute approximate surface area is 435 Å². The van der Waals surface area contributed by atoms with E-state index in [1.54, 1.807) is 119 Å². The van der Waals surface area contributed by atoms with Gasteiger partial charge in [0.05, 0.1) is 64.1 Å². The van der Waals surface area contributed by atoms with Crippen LogP contribution in [-0.2, 0) is 38.5 Å². The van der Waals surface area contributed by atoms with Crippen LogP contribution >= 0.6 is 0 Å². The Balaban J connectivity index is 0.000000188. The van der Waals surface area contributed by atoms with Crippen molar-refractivity contribution in [2.24, 2.45) is 28.2 Å². The number of pyridine rings is 4. The van der Waals surface area contributed by atoms with Crippen molar-refractivity contribution in [1.82, 2.24) is 74.1 Å². The van der Waals surface area contributed by atoms with Crippen LogP contribution in [0.5, 0.6) is 0 Å². The number of nitrogens with one attached hydrogen (secondary N) is 1. The molecule has 0 fully saturated rings. The molecule has 0 spiro atoms. The van der Waals surface area contributed by atoms with Gasteiger partial charge in [0.1, 0.15) is 22.2 Å². The van der Waals surface area contributed by atoms with Crippen LogP contribution in [0, 0.1) is 27.7 Å². The number of methoxy groups -OCH3 is 1. The van der Waals surface area contributed by atoms with E-state index in [9.17, 15) is 41.0 Å². The third kappa shape index (κ3) is 9.59. The van der Waals surface area contributed by atoms with Gasteiger partial charge >= 0.3 is 24.3 Å². The van der Waals surface area contributed by atoms with Gasteiger partial charge in [0, 0.05) is 94.1 Å². The fourth-order valence-corrected chi connectivity index (χ4v) is 10.7. The number of aryl methyl sites for hydroxylation is 8. The lowest BCUT2D eigenvalue weighted by atomic mass is 9.71. The van der Waals surface area contributed by atoms with Crippen molar-refractivity contribution in [3.8, 4) is 33.9 Å².